The van der Waals surface area contributed by atoms with Gasteiger partial charge < -0.3 is 5.32 Å². The highest BCUT2D eigenvalue weighted by molar-refractivity contribution is 5.79. The van der Waals surface area contributed by atoms with Gasteiger partial charge >= 0.3 is 6.18 Å². The van der Waals surface area contributed by atoms with E-state index in [-0.39, 0.29) is 30.7 Å². The van der Waals surface area contributed by atoms with Crippen molar-refractivity contribution in [3.8, 4) is 0 Å². The number of carbonyl (C=O) groups is 1. The summed E-state index contributed by atoms with van der Waals surface area (Å²) >= 11 is 0. The van der Waals surface area contributed by atoms with E-state index >= 15 is 0 Å². The molecule has 0 aromatic rings. The number of alkyl halides is 3. The Balaban J connectivity index is 1.76. The molecule has 2 nitrogen and oxygen atoms in total. The summed E-state index contributed by atoms with van der Waals surface area (Å²) in [6.07, 6.45) is 1.20. The molecule has 2 rings (SSSR count). The smallest absolute Gasteiger partial charge is 0.353 e. The van der Waals surface area contributed by atoms with Crippen molar-refractivity contribution in [3.05, 3.63) is 0 Å². The van der Waals surface area contributed by atoms with Gasteiger partial charge in [-0.25, -0.2) is 0 Å². The van der Waals surface area contributed by atoms with Crippen LogP contribution in [0.2, 0.25) is 0 Å². The van der Waals surface area contributed by atoms with E-state index in [9.17, 15) is 18.0 Å². The number of carbonyl (C=O) groups excluding carboxylic acids is 1. The van der Waals surface area contributed by atoms with E-state index in [0.717, 1.165) is 25.7 Å². The average Bonchev–Trinajstić information content (AvgIpc) is 2.81. The molecule has 0 unspecified atom stereocenters. The van der Waals surface area contributed by atoms with E-state index < -0.39 is 12.1 Å². The predicted molar refractivity (Wildman–Crippen MR) is 61.9 cm³/mol. The number of halogens is 3. The SMILES string of the molecule is O=C(NC1CCCC1)C1CCC(C(F)(F)F)CC1. The van der Waals surface area contributed by atoms with E-state index in [1.165, 1.54) is 0 Å². The minimum atomic E-state index is -4.09. The predicted octanol–water partition coefficient (Wildman–Crippen LogP) is 3.41. The topological polar surface area (TPSA) is 29.1 Å². The molecule has 2 aliphatic rings. The molecule has 104 valence electrons. The van der Waals surface area contributed by atoms with Gasteiger partial charge in [0.25, 0.3) is 0 Å². The standard InChI is InChI=1S/C13H20F3NO/c14-13(15,16)10-7-5-9(6-8-10)12(18)17-11-3-1-2-4-11/h9-11H,1-8H2,(H,17,18). The molecular formula is C13H20F3NO. The lowest BCUT2D eigenvalue weighted by molar-refractivity contribution is -0.184. The zero-order chi connectivity index (χ0) is 13.2. The molecule has 1 N–H and O–H groups in total. The summed E-state index contributed by atoms with van der Waals surface area (Å²) in [5.74, 6) is -1.43. The summed E-state index contributed by atoms with van der Waals surface area (Å²) in [6, 6.07) is 0.262. The third-order valence-electron chi connectivity index (χ3n) is 4.26. The maximum Gasteiger partial charge on any atom is 0.391 e. The monoisotopic (exact) mass is 263 g/mol. The number of nitrogens with one attached hydrogen (secondary N) is 1. The van der Waals surface area contributed by atoms with Gasteiger partial charge in [-0.2, -0.15) is 13.2 Å². The third kappa shape index (κ3) is 3.39. The van der Waals surface area contributed by atoms with Crippen LogP contribution in [0, 0.1) is 11.8 Å². The van der Waals surface area contributed by atoms with Gasteiger partial charge in [-0.3, -0.25) is 4.79 Å². The molecular weight excluding hydrogens is 243 g/mol. The lowest BCUT2D eigenvalue weighted by Gasteiger charge is -2.29. The Morgan fingerprint density at radius 2 is 1.50 bits per heavy atom. The van der Waals surface area contributed by atoms with Crippen molar-refractivity contribution in [1.29, 1.82) is 0 Å². The highest BCUT2D eigenvalue weighted by atomic mass is 19.4. The Bertz CT molecular complexity index is 289. The molecule has 0 heterocycles. The largest absolute Gasteiger partial charge is 0.391 e. The molecule has 0 saturated heterocycles. The van der Waals surface area contributed by atoms with Crippen molar-refractivity contribution in [2.75, 3.05) is 0 Å². The molecule has 2 saturated carbocycles. The van der Waals surface area contributed by atoms with Gasteiger partial charge in [0.15, 0.2) is 0 Å². The lowest BCUT2D eigenvalue weighted by Crippen LogP contribution is -2.40. The molecule has 5 heteroatoms. The Labute approximate surface area is 105 Å². The van der Waals surface area contributed by atoms with Crippen LogP contribution in [0.5, 0.6) is 0 Å². The minimum absolute atomic E-state index is 0.0254. The van der Waals surface area contributed by atoms with Gasteiger partial charge in [0.05, 0.1) is 5.92 Å². The first-order valence-corrected chi connectivity index (χ1v) is 6.84. The maximum absolute atomic E-state index is 12.5. The van der Waals surface area contributed by atoms with Gasteiger partial charge in [0.1, 0.15) is 0 Å². The van der Waals surface area contributed by atoms with Crippen molar-refractivity contribution in [2.24, 2.45) is 11.8 Å². The maximum atomic E-state index is 12.5. The number of rotatable bonds is 2. The molecule has 2 aliphatic carbocycles. The van der Waals surface area contributed by atoms with Crippen LogP contribution in [0.3, 0.4) is 0 Å². The van der Waals surface area contributed by atoms with Crippen molar-refractivity contribution in [2.45, 2.75) is 63.6 Å². The van der Waals surface area contributed by atoms with Crippen LogP contribution in [0.1, 0.15) is 51.4 Å². The van der Waals surface area contributed by atoms with E-state index in [1.807, 2.05) is 0 Å². The van der Waals surface area contributed by atoms with Crippen LogP contribution in [0.4, 0.5) is 13.2 Å². The number of amides is 1. The molecule has 2 fully saturated rings. The molecule has 0 bridgehead atoms. The normalized spacial score (nSPS) is 30.4. The van der Waals surface area contributed by atoms with Gasteiger partial charge in [0.2, 0.25) is 5.91 Å². The van der Waals surface area contributed by atoms with E-state index in [4.69, 9.17) is 0 Å². The zero-order valence-corrected chi connectivity index (χ0v) is 10.4. The van der Waals surface area contributed by atoms with Gasteiger partial charge in [-0.15, -0.1) is 0 Å². The lowest BCUT2D eigenvalue weighted by atomic mass is 9.81. The molecule has 0 aromatic carbocycles. The first-order chi connectivity index (χ1) is 8.47. The summed E-state index contributed by atoms with van der Waals surface area (Å²) in [4.78, 5) is 11.9. The molecule has 0 aliphatic heterocycles. The summed E-state index contributed by atoms with van der Waals surface area (Å²) in [6.45, 7) is 0. The number of hydrogen-bond acceptors (Lipinski definition) is 1. The van der Waals surface area contributed by atoms with Crippen LogP contribution in [-0.4, -0.2) is 18.1 Å². The number of hydrogen-bond donors (Lipinski definition) is 1. The van der Waals surface area contributed by atoms with Crippen molar-refractivity contribution >= 4 is 5.91 Å². The fourth-order valence-electron chi connectivity index (χ4n) is 3.07. The molecule has 0 spiro atoms. The first kappa shape index (κ1) is 13.7. The van der Waals surface area contributed by atoms with Gasteiger partial charge in [-0.1, -0.05) is 12.8 Å². The Morgan fingerprint density at radius 1 is 0.944 bits per heavy atom. The molecule has 18 heavy (non-hydrogen) atoms. The fraction of sp³-hybridized carbons (Fsp3) is 0.923. The first-order valence-electron chi connectivity index (χ1n) is 6.84. The quantitative estimate of drug-likeness (QED) is 0.812. The second-order valence-electron chi connectivity index (χ2n) is 5.58. The minimum Gasteiger partial charge on any atom is -0.353 e. The van der Waals surface area contributed by atoms with Crippen LogP contribution in [-0.2, 0) is 4.79 Å². The van der Waals surface area contributed by atoms with Crippen LogP contribution in [0.25, 0.3) is 0 Å². The summed E-state index contributed by atoms with van der Waals surface area (Å²) in [5, 5.41) is 2.98. The second-order valence-corrected chi connectivity index (χ2v) is 5.58. The van der Waals surface area contributed by atoms with Crippen LogP contribution < -0.4 is 5.32 Å². The fourth-order valence-corrected chi connectivity index (χ4v) is 3.07. The Morgan fingerprint density at radius 3 is 2.00 bits per heavy atom. The molecule has 1 amide bonds. The summed E-state index contributed by atoms with van der Waals surface area (Å²) in [7, 11) is 0. The third-order valence-corrected chi connectivity index (χ3v) is 4.26. The van der Waals surface area contributed by atoms with Gasteiger partial charge in [0, 0.05) is 12.0 Å². The zero-order valence-electron chi connectivity index (χ0n) is 10.4. The van der Waals surface area contributed by atoms with E-state index in [0.29, 0.717) is 12.8 Å². The van der Waals surface area contributed by atoms with Gasteiger partial charge in [-0.05, 0) is 38.5 Å². The highest BCUT2D eigenvalue weighted by Gasteiger charge is 2.42. The molecule has 0 aromatic heterocycles. The van der Waals surface area contributed by atoms with E-state index in [1.54, 1.807) is 0 Å². The van der Waals surface area contributed by atoms with Crippen molar-refractivity contribution in [3.63, 3.8) is 0 Å². The Kier molecular flexibility index (Phi) is 4.17. The van der Waals surface area contributed by atoms with Crippen molar-refractivity contribution < 1.29 is 18.0 Å². The molecule has 0 atom stereocenters. The second kappa shape index (κ2) is 5.49. The summed E-state index contributed by atoms with van der Waals surface area (Å²) < 4.78 is 37.5. The van der Waals surface area contributed by atoms with Crippen LogP contribution >= 0.6 is 0 Å². The summed E-state index contributed by atoms with van der Waals surface area (Å²) in [5.41, 5.74) is 0. The van der Waals surface area contributed by atoms with Crippen molar-refractivity contribution in [1.82, 2.24) is 5.32 Å². The average molecular weight is 263 g/mol. The van der Waals surface area contributed by atoms with E-state index in [2.05, 4.69) is 5.32 Å². The van der Waals surface area contributed by atoms with Crippen LogP contribution in [0.15, 0.2) is 0 Å². The Hall–Kier alpha value is -0.740. The molecule has 0 radical (unpaired) electrons. The highest BCUT2D eigenvalue weighted by Crippen LogP contribution is 2.39.